The fraction of sp³-hybridized carbons (Fsp3) is 0.500. The second-order valence-electron chi connectivity index (χ2n) is 6.62. The molecule has 0 spiro atoms. The summed E-state index contributed by atoms with van der Waals surface area (Å²) in [6.45, 7) is 4.35. The third-order valence-electron chi connectivity index (χ3n) is 4.81. The predicted octanol–water partition coefficient (Wildman–Crippen LogP) is 1.18. The molecule has 2 aliphatic heterocycles. The largest absolute Gasteiger partial charge is 0.381 e. The topological polar surface area (TPSA) is 131 Å². The summed E-state index contributed by atoms with van der Waals surface area (Å²) in [5, 5.41) is 24.5. The highest BCUT2D eigenvalue weighted by Crippen LogP contribution is 2.24. The molecule has 2 aliphatic rings. The number of carbonyl (C=O) groups is 1. The Balaban J connectivity index is 1.83. The summed E-state index contributed by atoms with van der Waals surface area (Å²) < 4.78 is 5.43. The minimum absolute atomic E-state index is 0.0457. The van der Waals surface area contributed by atoms with Crippen LogP contribution in [0.15, 0.2) is 29.4 Å². The molecule has 1 aromatic carbocycles. The van der Waals surface area contributed by atoms with Crippen molar-refractivity contribution in [3.05, 3.63) is 50.1 Å². The molecule has 11 nitrogen and oxygen atoms in total. The Morgan fingerprint density at radius 3 is 2.70 bits per heavy atom. The molecule has 2 atom stereocenters. The lowest BCUT2D eigenvalue weighted by Crippen LogP contribution is -2.41. The average Bonchev–Trinajstić information content (AvgIpc) is 3.21. The number of benzene rings is 1. The zero-order chi connectivity index (χ0) is 19.6. The second kappa shape index (κ2) is 7.66. The maximum Gasteiger partial charge on any atom is 0.281 e. The molecule has 0 radical (unpaired) electrons. The molecule has 1 amide bonds. The summed E-state index contributed by atoms with van der Waals surface area (Å²) in [7, 11) is 0. The van der Waals surface area contributed by atoms with Gasteiger partial charge in [-0.2, -0.15) is 0 Å². The van der Waals surface area contributed by atoms with Crippen LogP contribution in [-0.2, 0) is 4.74 Å². The van der Waals surface area contributed by atoms with E-state index in [1.54, 1.807) is 4.90 Å². The summed E-state index contributed by atoms with van der Waals surface area (Å²) in [6.07, 6.45) is 0. The third kappa shape index (κ3) is 4.03. The van der Waals surface area contributed by atoms with Crippen LogP contribution in [0.4, 0.5) is 5.69 Å². The molecule has 2 fully saturated rings. The number of carbonyl (C=O) groups excluding carboxylic acids is 1. The van der Waals surface area contributed by atoms with E-state index < -0.39 is 15.9 Å². The van der Waals surface area contributed by atoms with Gasteiger partial charge < -0.3 is 9.64 Å². The highest BCUT2D eigenvalue weighted by molar-refractivity contribution is 6.06. The zero-order valence-corrected chi connectivity index (χ0v) is 14.7. The molecular formula is C16H19N5O6. The molecule has 1 aromatic rings. The first-order valence-corrected chi connectivity index (χ1v) is 8.49. The summed E-state index contributed by atoms with van der Waals surface area (Å²) in [6, 6.07) is 5.28. The number of amides is 1. The number of nitro groups is 2. The van der Waals surface area contributed by atoms with Crippen LogP contribution >= 0.6 is 0 Å². The van der Waals surface area contributed by atoms with Crippen LogP contribution < -0.4 is 0 Å². The van der Waals surface area contributed by atoms with Gasteiger partial charge in [0.1, 0.15) is 5.10 Å². The zero-order valence-electron chi connectivity index (χ0n) is 14.7. The van der Waals surface area contributed by atoms with Crippen LogP contribution in [0, 0.1) is 32.1 Å². The maximum absolute atomic E-state index is 12.8. The van der Waals surface area contributed by atoms with Crippen molar-refractivity contribution < 1.29 is 19.5 Å². The Labute approximate surface area is 154 Å². The van der Waals surface area contributed by atoms with Crippen molar-refractivity contribution >= 4 is 17.6 Å². The van der Waals surface area contributed by atoms with Gasteiger partial charge in [0.15, 0.2) is 5.03 Å². The molecule has 0 aromatic heterocycles. The lowest BCUT2D eigenvalue weighted by molar-refractivity contribution is -0.486. The van der Waals surface area contributed by atoms with Crippen molar-refractivity contribution in [3.63, 3.8) is 0 Å². The monoisotopic (exact) mass is 377 g/mol. The third-order valence-corrected chi connectivity index (χ3v) is 4.81. The molecule has 2 saturated heterocycles. The molecular weight excluding hydrogens is 358 g/mol. The van der Waals surface area contributed by atoms with Gasteiger partial charge in [-0.15, -0.1) is 0 Å². The van der Waals surface area contributed by atoms with Crippen LogP contribution in [0.1, 0.15) is 17.3 Å². The fourth-order valence-corrected chi connectivity index (χ4v) is 3.28. The lowest BCUT2D eigenvalue weighted by Gasteiger charge is -2.23. The fourth-order valence-electron chi connectivity index (χ4n) is 3.28. The standard InChI is InChI=1S/C16H19N5O6/c1-11-9-27-10-13(11)8-18-5-6-19(16(18)17-21(25)26)15(22)12-3-2-4-14(7-12)20(23)24/h2-4,7,11,13H,5-6,8-10H2,1H3. The lowest BCUT2D eigenvalue weighted by atomic mass is 9.98. The van der Waals surface area contributed by atoms with Gasteiger partial charge >= 0.3 is 0 Å². The Bertz CT molecular complexity index is 797. The average molecular weight is 377 g/mol. The first-order valence-electron chi connectivity index (χ1n) is 8.49. The van der Waals surface area contributed by atoms with E-state index in [0.717, 1.165) is 6.07 Å². The normalized spacial score (nSPS) is 23.8. The van der Waals surface area contributed by atoms with Crippen LogP contribution in [0.3, 0.4) is 0 Å². The quantitative estimate of drug-likeness (QED) is 0.556. The molecule has 2 heterocycles. The van der Waals surface area contributed by atoms with Crippen LogP contribution in [-0.4, -0.2) is 64.5 Å². The number of hydrazone groups is 1. The number of rotatable bonds is 5. The molecule has 0 N–H and O–H groups in total. The number of hydrogen-bond acceptors (Lipinski definition) is 6. The molecule has 0 saturated carbocycles. The summed E-state index contributed by atoms with van der Waals surface area (Å²) in [5.41, 5.74) is -0.138. The molecule has 11 heteroatoms. The molecule has 2 unspecified atom stereocenters. The van der Waals surface area contributed by atoms with Crippen LogP contribution in [0.25, 0.3) is 0 Å². The minimum Gasteiger partial charge on any atom is -0.381 e. The van der Waals surface area contributed by atoms with Gasteiger partial charge in [0, 0.05) is 49.9 Å². The van der Waals surface area contributed by atoms with Gasteiger partial charge in [-0.05, 0) is 12.0 Å². The van der Waals surface area contributed by atoms with E-state index >= 15 is 0 Å². The Morgan fingerprint density at radius 2 is 2.07 bits per heavy atom. The van der Waals surface area contributed by atoms with Crippen molar-refractivity contribution in [1.82, 2.24) is 9.80 Å². The summed E-state index contributed by atoms with van der Waals surface area (Å²) in [4.78, 5) is 37.0. The first kappa shape index (κ1) is 18.7. The Morgan fingerprint density at radius 1 is 1.30 bits per heavy atom. The Kier molecular flexibility index (Phi) is 5.31. The van der Waals surface area contributed by atoms with Crippen molar-refractivity contribution in [1.29, 1.82) is 0 Å². The SMILES string of the molecule is CC1COCC1CN1CCN(C(=O)c2cccc([N+](=O)[O-])c2)C1=N[N+](=O)[O-]. The number of guanidine groups is 1. The van der Waals surface area contributed by atoms with Crippen molar-refractivity contribution in [2.45, 2.75) is 6.92 Å². The number of ether oxygens (including phenoxy) is 1. The molecule has 27 heavy (non-hydrogen) atoms. The van der Waals surface area contributed by atoms with Gasteiger partial charge in [0.25, 0.3) is 17.6 Å². The number of non-ortho nitro benzene ring substituents is 1. The van der Waals surface area contributed by atoms with E-state index in [9.17, 15) is 25.0 Å². The summed E-state index contributed by atoms with van der Waals surface area (Å²) in [5.74, 6) is -0.105. The van der Waals surface area contributed by atoms with E-state index in [2.05, 4.69) is 5.10 Å². The minimum atomic E-state index is -0.837. The van der Waals surface area contributed by atoms with E-state index in [-0.39, 0.29) is 29.7 Å². The van der Waals surface area contributed by atoms with E-state index in [0.29, 0.717) is 32.2 Å². The number of nitro benzene ring substituents is 1. The Hall–Kier alpha value is -3.08. The van der Waals surface area contributed by atoms with Gasteiger partial charge in [-0.1, -0.05) is 13.0 Å². The van der Waals surface area contributed by atoms with Gasteiger partial charge in [0.2, 0.25) is 0 Å². The second-order valence-corrected chi connectivity index (χ2v) is 6.62. The van der Waals surface area contributed by atoms with E-state index in [4.69, 9.17) is 4.74 Å². The first-order chi connectivity index (χ1) is 12.9. The van der Waals surface area contributed by atoms with Crippen LogP contribution in [0.2, 0.25) is 0 Å². The molecule has 0 aliphatic carbocycles. The molecule has 144 valence electrons. The van der Waals surface area contributed by atoms with Gasteiger partial charge in [-0.25, -0.2) is 10.1 Å². The summed E-state index contributed by atoms with van der Waals surface area (Å²) >= 11 is 0. The van der Waals surface area contributed by atoms with E-state index in [1.165, 1.54) is 23.1 Å². The molecule has 0 bridgehead atoms. The van der Waals surface area contributed by atoms with Crippen molar-refractivity contribution in [2.75, 3.05) is 32.8 Å². The number of hydrogen-bond donors (Lipinski definition) is 0. The highest BCUT2D eigenvalue weighted by Gasteiger charge is 2.37. The molecule has 3 rings (SSSR count). The van der Waals surface area contributed by atoms with Crippen molar-refractivity contribution in [3.8, 4) is 0 Å². The van der Waals surface area contributed by atoms with Gasteiger partial charge in [-0.3, -0.25) is 19.8 Å². The maximum atomic E-state index is 12.8. The smallest absolute Gasteiger partial charge is 0.281 e. The highest BCUT2D eigenvalue weighted by atomic mass is 16.7. The predicted molar refractivity (Wildman–Crippen MR) is 93.6 cm³/mol. The van der Waals surface area contributed by atoms with E-state index in [1.807, 2.05) is 6.92 Å². The number of nitrogens with zero attached hydrogens (tertiary/aromatic N) is 5. The van der Waals surface area contributed by atoms with Gasteiger partial charge in [0.05, 0.1) is 11.5 Å². The van der Waals surface area contributed by atoms with Crippen LogP contribution in [0.5, 0.6) is 0 Å². The van der Waals surface area contributed by atoms with Crippen molar-refractivity contribution in [2.24, 2.45) is 16.9 Å².